The van der Waals surface area contributed by atoms with Gasteiger partial charge in [0.25, 0.3) is 5.91 Å². The van der Waals surface area contributed by atoms with Crippen LogP contribution in [0.1, 0.15) is 43.7 Å². The molecule has 1 N–H and O–H groups in total. The van der Waals surface area contributed by atoms with Gasteiger partial charge in [-0.3, -0.25) is 4.79 Å². The molecule has 0 radical (unpaired) electrons. The summed E-state index contributed by atoms with van der Waals surface area (Å²) in [6.07, 6.45) is 3.21. The first-order valence-corrected chi connectivity index (χ1v) is 12.8. The number of anilines is 1. The Hall–Kier alpha value is -1.90. The predicted molar refractivity (Wildman–Crippen MR) is 126 cm³/mol. The molecule has 1 unspecified atom stereocenters. The van der Waals surface area contributed by atoms with Crippen LogP contribution in [0.3, 0.4) is 0 Å². The number of nitrogens with zero attached hydrogens (tertiary/aromatic N) is 1. The predicted octanol–water partition coefficient (Wildman–Crippen LogP) is 5.04. The lowest BCUT2D eigenvalue weighted by Gasteiger charge is -2.20. The molecule has 168 valence electrons. The fraction of sp³-hybridized carbons (Fsp3) is 0.435. The van der Waals surface area contributed by atoms with Gasteiger partial charge >= 0.3 is 0 Å². The topological polar surface area (TPSA) is 75.7 Å². The first-order chi connectivity index (χ1) is 14.7. The number of rotatable bonds is 6. The highest BCUT2D eigenvalue weighted by molar-refractivity contribution is 9.10. The Morgan fingerprint density at radius 1 is 1.03 bits per heavy atom. The van der Waals surface area contributed by atoms with Crippen LogP contribution in [0.25, 0.3) is 0 Å². The molecule has 6 nitrogen and oxygen atoms in total. The summed E-state index contributed by atoms with van der Waals surface area (Å²) in [6, 6.07) is 10.2. The highest BCUT2D eigenvalue weighted by Crippen LogP contribution is 2.28. The van der Waals surface area contributed by atoms with E-state index < -0.39 is 16.1 Å². The fourth-order valence-corrected chi connectivity index (χ4v) is 5.90. The van der Waals surface area contributed by atoms with E-state index in [2.05, 4.69) is 21.2 Å². The second kappa shape index (κ2) is 10.1. The maximum Gasteiger partial charge on any atom is 0.265 e. The SMILES string of the molecule is Cc1cc(Br)cc(C)c1OC(C)C(=O)Nc1ccc(S(=O)(=O)N2CCCCCC2)cc1. The van der Waals surface area contributed by atoms with E-state index in [9.17, 15) is 13.2 Å². The summed E-state index contributed by atoms with van der Waals surface area (Å²) in [5.41, 5.74) is 2.41. The van der Waals surface area contributed by atoms with E-state index in [0.717, 1.165) is 41.3 Å². The van der Waals surface area contributed by atoms with Crippen molar-refractivity contribution in [2.24, 2.45) is 0 Å². The first-order valence-electron chi connectivity index (χ1n) is 10.5. The summed E-state index contributed by atoms with van der Waals surface area (Å²) in [5, 5.41) is 2.80. The molecular weight excluding hydrogens is 480 g/mol. The zero-order valence-electron chi connectivity index (χ0n) is 18.2. The van der Waals surface area contributed by atoms with Crippen LogP contribution in [0.2, 0.25) is 0 Å². The normalized spacial score (nSPS) is 16.4. The average Bonchev–Trinajstić information content (AvgIpc) is 3.01. The Kier molecular flexibility index (Phi) is 7.78. The summed E-state index contributed by atoms with van der Waals surface area (Å²) in [6.45, 7) is 6.67. The van der Waals surface area contributed by atoms with E-state index in [0.29, 0.717) is 24.5 Å². The van der Waals surface area contributed by atoms with Crippen molar-refractivity contribution in [3.05, 3.63) is 52.0 Å². The van der Waals surface area contributed by atoms with Gasteiger partial charge in [0.15, 0.2) is 6.10 Å². The number of hydrogen-bond donors (Lipinski definition) is 1. The van der Waals surface area contributed by atoms with Crippen LogP contribution in [-0.2, 0) is 14.8 Å². The number of aryl methyl sites for hydroxylation is 2. The van der Waals surface area contributed by atoms with Crippen LogP contribution in [0.4, 0.5) is 5.69 Å². The third-order valence-corrected chi connectivity index (χ3v) is 7.78. The van der Waals surface area contributed by atoms with Gasteiger partial charge < -0.3 is 10.1 Å². The molecular formula is C23H29BrN2O4S. The quantitative estimate of drug-likeness (QED) is 0.593. The van der Waals surface area contributed by atoms with Crippen LogP contribution in [0.5, 0.6) is 5.75 Å². The van der Waals surface area contributed by atoms with E-state index in [4.69, 9.17) is 4.74 Å². The van der Waals surface area contributed by atoms with Gasteiger partial charge in [-0.25, -0.2) is 8.42 Å². The summed E-state index contributed by atoms with van der Waals surface area (Å²) in [7, 11) is -3.51. The molecule has 1 aliphatic rings. The summed E-state index contributed by atoms with van der Waals surface area (Å²) in [5.74, 6) is 0.384. The Balaban J connectivity index is 1.66. The van der Waals surface area contributed by atoms with E-state index in [1.165, 1.54) is 0 Å². The first kappa shape index (κ1) is 23.8. The Morgan fingerprint density at radius 2 is 1.58 bits per heavy atom. The Morgan fingerprint density at radius 3 is 2.13 bits per heavy atom. The van der Waals surface area contributed by atoms with Crippen molar-refractivity contribution in [2.45, 2.75) is 57.5 Å². The fourth-order valence-electron chi connectivity index (χ4n) is 3.70. The van der Waals surface area contributed by atoms with Crippen LogP contribution >= 0.6 is 15.9 Å². The minimum absolute atomic E-state index is 0.248. The van der Waals surface area contributed by atoms with Crippen molar-refractivity contribution in [1.29, 1.82) is 0 Å². The molecule has 1 amide bonds. The molecule has 8 heteroatoms. The van der Waals surface area contributed by atoms with Crippen LogP contribution in [-0.4, -0.2) is 37.8 Å². The lowest BCUT2D eigenvalue weighted by Crippen LogP contribution is -2.32. The molecule has 0 bridgehead atoms. The highest BCUT2D eigenvalue weighted by atomic mass is 79.9. The molecule has 2 aromatic rings. The van der Waals surface area contributed by atoms with Crippen LogP contribution < -0.4 is 10.1 Å². The van der Waals surface area contributed by atoms with Crippen molar-refractivity contribution in [3.63, 3.8) is 0 Å². The Labute approximate surface area is 193 Å². The number of ether oxygens (including phenoxy) is 1. The molecule has 1 fully saturated rings. The van der Waals surface area contributed by atoms with E-state index in [1.54, 1.807) is 35.5 Å². The molecule has 0 saturated carbocycles. The van der Waals surface area contributed by atoms with Gasteiger partial charge in [0.2, 0.25) is 10.0 Å². The maximum atomic E-state index is 12.9. The average molecular weight is 509 g/mol. The molecule has 0 aromatic heterocycles. The van der Waals surface area contributed by atoms with Gasteiger partial charge in [-0.1, -0.05) is 28.8 Å². The van der Waals surface area contributed by atoms with Gasteiger partial charge in [-0.2, -0.15) is 4.31 Å². The Bertz CT molecular complexity index is 1010. The van der Waals surface area contributed by atoms with Crippen molar-refractivity contribution in [3.8, 4) is 5.75 Å². The van der Waals surface area contributed by atoms with E-state index >= 15 is 0 Å². The van der Waals surface area contributed by atoms with Gasteiger partial charge in [0.05, 0.1) is 4.90 Å². The summed E-state index contributed by atoms with van der Waals surface area (Å²) in [4.78, 5) is 12.8. The van der Waals surface area contributed by atoms with Gasteiger partial charge in [0, 0.05) is 23.2 Å². The summed E-state index contributed by atoms with van der Waals surface area (Å²) >= 11 is 3.45. The van der Waals surface area contributed by atoms with Gasteiger partial charge in [0.1, 0.15) is 5.75 Å². The molecule has 0 aliphatic carbocycles. The van der Waals surface area contributed by atoms with Gasteiger partial charge in [-0.15, -0.1) is 0 Å². The van der Waals surface area contributed by atoms with Crippen LogP contribution in [0, 0.1) is 13.8 Å². The van der Waals surface area contributed by atoms with E-state index in [-0.39, 0.29) is 10.8 Å². The third kappa shape index (κ3) is 5.87. The third-order valence-electron chi connectivity index (χ3n) is 5.41. The number of halogens is 1. The lowest BCUT2D eigenvalue weighted by atomic mass is 10.1. The zero-order valence-corrected chi connectivity index (χ0v) is 20.6. The number of carbonyl (C=O) groups is 1. The monoisotopic (exact) mass is 508 g/mol. The number of sulfonamides is 1. The number of amides is 1. The lowest BCUT2D eigenvalue weighted by molar-refractivity contribution is -0.122. The zero-order chi connectivity index (χ0) is 22.6. The second-order valence-corrected chi connectivity index (χ2v) is 10.8. The number of hydrogen-bond acceptors (Lipinski definition) is 4. The molecule has 1 saturated heterocycles. The highest BCUT2D eigenvalue weighted by Gasteiger charge is 2.25. The van der Waals surface area contributed by atoms with Crippen molar-refractivity contribution in [2.75, 3.05) is 18.4 Å². The summed E-state index contributed by atoms with van der Waals surface area (Å²) < 4.78 is 34.2. The van der Waals surface area contributed by atoms with Gasteiger partial charge in [-0.05, 0) is 81.1 Å². The maximum absolute atomic E-state index is 12.9. The largest absolute Gasteiger partial charge is 0.480 e. The van der Waals surface area contributed by atoms with Crippen molar-refractivity contribution in [1.82, 2.24) is 4.31 Å². The molecule has 0 spiro atoms. The number of carbonyl (C=O) groups excluding carboxylic acids is 1. The molecule has 2 aromatic carbocycles. The number of benzene rings is 2. The molecule has 1 heterocycles. The standard InChI is InChI=1S/C23H29BrN2O4S/c1-16-14-19(24)15-17(2)22(16)30-18(3)23(27)25-20-8-10-21(11-9-20)31(28,29)26-12-6-4-5-7-13-26/h8-11,14-15,18H,4-7,12-13H2,1-3H3,(H,25,27). The molecule has 1 aliphatic heterocycles. The number of nitrogens with one attached hydrogen (secondary N) is 1. The minimum atomic E-state index is -3.51. The van der Waals surface area contributed by atoms with E-state index in [1.807, 2.05) is 26.0 Å². The van der Waals surface area contributed by atoms with Crippen LogP contribution in [0.15, 0.2) is 45.8 Å². The molecule has 31 heavy (non-hydrogen) atoms. The van der Waals surface area contributed by atoms with Crippen molar-refractivity contribution >= 4 is 37.5 Å². The van der Waals surface area contributed by atoms with Crippen molar-refractivity contribution < 1.29 is 17.9 Å². The molecule has 3 rings (SSSR count). The smallest absolute Gasteiger partial charge is 0.265 e. The molecule has 1 atom stereocenters. The minimum Gasteiger partial charge on any atom is -0.480 e. The second-order valence-electron chi connectivity index (χ2n) is 7.96.